The van der Waals surface area contributed by atoms with Gasteiger partial charge >= 0.3 is 7.60 Å². The van der Waals surface area contributed by atoms with E-state index in [2.05, 4.69) is 15.4 Å². The van der Waals surface area contributed by atoms with Crippen LogP contribution in [0.4, 0.5) is 5.13 Å². The number of aromatic nitrogens is 3. The number of rotatable bonds is 11. The molecule has 37 heavy (non-hydrogen) atoms. The molecule has 0 bridgehead atoms. The van der Waals surface area contributed by atoms with Crippen LogP contribution < -0.4 is 5.32 Å². The van der Waals surface area contributed by atoms with E-state index in [4.69, 9.17) is 13.8 Å². The molecule has 0 aliphatic carbocycles. The van der Waals surface area contributed by atoms with Crippen LogP contribution in [0.3, 0.4) is 0 Å². The number of amides is 1. The minimum absolute atomic E-state index is 0.00200. The molecule has 3 heterocycles. The molecule has 4 rings (SSSR count). The molecule has 11 nitrogen and oxygen atoms in total. The third-order valence-electron chi connectivity index (χ3n) is 5.92. The molecule has 2 aromatic heterocycles. The molecule has 1 amide bonds. The Balaban J connectivity index is 1.60. The van der Waals surface area contributed by atoms with Crippen molar-refractivity contribution in [3.63, 3.8) is 0 Å². The Morgan fingerprint density at radius 2 is 1.95 bits per heavy atom. The minimum atomic E-state index is -3.44. The van der Waals surface area contributed by atoms with Gasteiger partial charge in [0, 0.05) is 36.8 Å². The lowest BCUT2D eigenvalue weighted by Gasteiger charge is -2.22. The average molecular weight is 571 g/mol. The largest absolute Gasteiger partial charge is 0.381 e. The van der Waals surface area contributed by atoms with Crippen LogP contribution in [0.1, 0.15) is 42.9 Å². The number of thiazole rings is 1. The first kappa shape index (κ1) is 27.9. The maximum absolute atomic E-state index is 13.3. The number of benzene rings is 1. The molecule has 0 saturated carbocycles. The first-order chi connectivity index (χ1) is 17.6. The van der Waals surface area contributed by atoms with Crippen LogP contribution in [0.2, 0.25) is 0 Å². The van der Waals surface area contributed by atoms with Crippen molar-refractivity contribution < 1.29 is 31.6 Å². The highest BCUT2D eigenvalue weighted by atomic mass is 32.2. The number of fused-ring (bicyclic) bond motifs is 1. The molecule has 0 spiro atoms. The molecule has 1 aromatic carbocycles. The molecule has 1 aliphatic rings. The van der Waals surface area contributed by atoms with Gasteiger partial charge in [-0.25, -0.2) is 13.4 Å². The number of carbonyl (C=O) groups is 1. The summed E-state index contributed by atoms with van der Waals surface area (Å²) in [5.74, 6) is -0.163. The third-order valence-corrected chi connectivity index (χ3v) is 9.85. The highest BCUT2D eigenvalue weighted by Gasteiger charge is 2.27. The van der Waals surface area contributed by atoms with Crippen molar-refractivity contribution in [3.8, 4) is 0 Å². The highest BCUT2D eigenvalue weighted by Crippen LogP contribution is 2.51. The number of hydrogen-bond donors (Lipinski definition) is 1. The Kier molecular flexibility index (Phi) is 8.82. The highest BCUT2D eigenvalue weighted by molar-refractivity contribution is 7.90. The Bertz CT molecular complexity index is 1400. The summed E-state index contributed by atoms with van der Waals surface area (Å²) in [4.78, 5) is 17.8. The van der Waals surface area contributed by atoms with Crippen molar-refractivity contribution >= 4 is 50.7 Å². The first-order valence-corrected chi connectivity index (χ1v) is 16.5. The summed E-state index contributed by atoms with van der Waals surface area (Å²) in [5, 5.41) is 9.91. The van der Waals surface area contributed by atoms with E-state index in [9.17, 15) is 17.8 Å². The second kappa shape index (κ2) is 11.7. The van der Waals surface area contributed by atoms with Crippen molar-refractivity contribution in [2.24, 2.45) is 5.92 Å². The zero-order valence-corrected chi connectivity index (χ0v) is 23.5. The van der Waals surface area contributed by atoms with E-state index >= 15 is 0 Å². The second-order valence-electron chi connectivity index (χ2n) is 8.74. The Labute approximate surface area is 220 Å². The van der Waals surface area contributed by atoms with E-state index in [1.54, 1.807) is 36.0 Å². The topological polar surface area (TPSA) is 139 Å². The number of ether oxygens (including phenoxy) is 1. The predicted octanol–water partition coefficient (Wildman–Crippen LogP) is 4.34. The van der Waals surface area contributed by atoms with Gasteiger partial charge < -0.3 is 13.8 Å². The van der Waals surface area contributed by atoms with E-state index < -0.39 is 23.3 Å². The molecule has 3 aromatic rings. The standard InChI is InChI=1S/C23H31N4O7PS2/c1-4-33-35(29,34-5-2)14-17-15-36-23(24-17)25-22(28)21-19-7-6-18(37(3,30)31)12-20(19)27(26-21)13-16-8-10-32-11-9-16/h6-7,12,15-16H,4-5,8-11,13-14H2,1-3H3,(H,24,25,28). The number of anilines is 1. The average Bonchev–Trinajstić information content (AvgIpc) is 3.43. The summed E-state index contributed by atoms with van der Waals surface area (Å²) < 4.78 is 55.0. The number of nitrogens with one attached hydrogen (secondary N) is 1. The van der Waals surface area contributed by atoms with Gasteiger partial charge in [-0.1, -0.05) is 0 Å². The minimum Gasteiger partial charge on any atom is -0.381 e. The molecule has 1 aliphatic heterocycles. The summed E-state index contributed by atoms with van der Waals surface area (Å²) in [6, 6.07) is 4.66. The number of carbonyl (C=O) groups excluding carboxylic acids is 1. The smallest absolute Gasteiger partial charge is 0.336 e. The lowest BCUT2D eigenvalue weighted by molar-refractivity contribution is 0.0605. The monoisotopic (exact) mass is 570 g/mol. The first-order valence-electron chi connectivity index (χ1n) is 12.0. The molecular formula is C23H31N4O7PS2. The van der Waals surface area contributed by atoms with E-state index in [0.717, 1.165) is 19.1 Å². The summed E-state index contributed by atoms with van der Waals surface area (Å²) in [5.41, 5.74) is 1.24. The van der Waals surface area contributed by atoms with E-state index in [1.807, 2.05) is 0 Å². The van der Waals surface area contributed by atoms with Crippen LogP contribution in [0.5, 0.6) is 0 Å². The molecule has 0 atom stereocenters. The normalized spacial score (nSPS) is 15.3. The number of sulfone groups is 1. The summed E-state index contributed by atoms with van der Waals surface area (Å²) in [7, 11) is -6.77. The molecule has 14 heteroatoms. The summed E-state index contributed by atoms with van der Waals surface area (Å²) in [6.45, 7) is 5.85. The van der Waals surface area contributed by atoms with Gasteiger partial charge in [0.15, 0.2) is 20.7 Å². The van der Waals surface area contributed by atoms with Crippen LogP contribution in [0.25, 0.3) is 10.9 Å². The number of hydrogen-bond acceptors (Lipinski definition) is 10. The van der Waals surface area contributed by atoms with Crippen LogP contribution in [-0.2, 0) is 40.9 Å². The van der Waals surface area contributed by atoms with Gasteiger partial charge in [0.2, 0.25) is 0 Å². The fraction of sp³-hybridized carbons (Fsp3) is 0.522. The Morgan fingerprint density at radius 3 is 2.59 bits per heavy atom. The maximum atomic E-state index is 13.3. The molecule has 202 valence electrons. The van der Waals surface area contributed by atoms with E-state index in [1.165, 1.54) is 17.4 Å². The van der Waals surface area contributed by atoms with Crippen molar-refractivity contribution in [3.05, 3.63) is 35.0 Å². The second-order valence-corrected chi connectivity index (χ2v) is 13.7. The zero-order valence-electron chi connectivity index (χ0n) is 21.0. The van der Waals surface area contributed by atoms with E-state index in [0.29, 0.717) is 47.4 Å². The summed E-state index contributed by atoms with van der Waals surface area (Å²) in [6.07, 6.45) is 2.88. The van der Waals surface area contributed by atoms with Crippen LogP contribution in [0.15, 0.2) is 28.5 Å². The lowest BCUT2D eigenvalue weighted by Crippen LogP contribution is -2.21. The van der Waals surface area contributed by atoms with Gasteiger partial charge in [-0.05, 0) is 50.8 Å². The van der Waals surface area contributed by atoms with Crippen LogP contribution >= 0.6 is 18.9 Å². The van der Waals surface area contributed by atoms with Gasteiger partial charge in [-0.15, -0.1) is 11.3 Å². The van der Waals surface area contributed by atoms with Gasteiger partial charge in [0.25, 0.3) is 5.91 Å². The van der Waals surface area contributed by atoms with Crippen molar-refractivity contribution in [2.45, 2.75) is 44.3 Å². The molecule has 1 N–H and O–H groups in total. The van der Waals surface area contributed by atoms with Gasteiger partial charge in [-0.2, -0.15) is 5.10 Å². The van der Waals surface area contributed by atoms with Gasteiger partial charge in [0.05, 0.1) is 35.5 Å². The molecule has 1 saturated heterocycles. The summed E-state index contributed by atoms with van der Waals surface area (Å²) >= 11 is 1.19. The third kappa shape index (κ3) is 6.84. The van der Waals surface area contributed by atoms with Crippen LogP contribution in [0, 0.1) is 5.92 Å². The molecular weight excluding hydrogens is 539 g/mol. The van der Waals surface area contributed by atoms with Crippen LogP contribution in [-0.4, -0.2) is 61.8 Å². The van der Waals surface area contributed by atoms with Crippen molar-refractivity contribution in [1.82, 2.24) is 14.8 Å². The predicted molar refractivity (Wildman–Crippen MR) is 141 cm³/mol. The van der Waals surface area contributed by atoms with E-state index in [-0.39, 0.29) is 30.0 Å². The van der Waals surface area contributed by atoms with Gasteiger partial charge in [-0.3, -0.25) is 19.4 Å². The molecule has 0 radical (unpaired) electrons. The fourth-order valence-corrected chi connectivity index (χ4v) is 7.25. The molecule has 1 fully saturated rings. The Hall–Kier alpha value is -2.15. The SMILES string of the molecule is CCOP(=O)(Cc1csc(NC(=O)c2nn(CC3CCOCC3)c3cc(S(C)(=O)=O)ccc23)n1)OCC. The maximum Gasteiger partial charge on any atom is 0.336 e. The lowest BCUT2D eigenvalue weighted by atomic mass is 10.0. The zero-order chi connectivity index (χ0) is 26.6. The van der Waals surface area contributed by atoms with Crippen molar-refractivity contribution in [2.75, 3.05) is 38.0 Å². The van der Waals surface area contributed by atoms with Crippen molar-refractivity contribution in [1.29, 1.82) is 0 Å². The quantitative estimate of drug-likeness (QED) is 0.334. The fourth-order valence-electron chi connectivity index (χ4n) is 4.18. The number of nitrogens with zero attached hydrogens (tertiary/aromatic N) is 3. The Morgan fingerprint density at radius 1 is 1.24 bits per heavy atom. The van der Waals surface area contributed by atoms with Gasteiger partial charge in [0.1, 0.15) is 0 Å². The molecule has 0 unspecified atom stereocenters.